The molecule has 0 heterocycles. The van der Waals surface area contributed by atoms with Crippen LogP contribution in [-0.2, 0) is 0 Å². The minimum absolute atomic E-state index is 0.0319. The van der Waals surface area contributed by atoms with Gasteiger partial charge in [0, 0.05) is 6.07 Å². The summed E-state index contributed by atoms with van der Waals surface area (Å²) < 4.78 is 5.02. The number of benzene rings is 1. The molecule has 0 aliphatic heterocycles. The molecule has 0 aromatic heterocycles. The molecule has 0 N–H and O–H groups in total. The summed E-state index contributed by atoms with van der Waals surface area (Å²) in [5.41, 5.74) is -0.0694. The van der Waals surface area contributed by atoms with Gasteiger partial charge in [0.05, 0.1) is 16.7 Å². The van der Waals surface area contributed by atoms with Crippen LogP contribution in [0.4, 0.5) is 5.69 Å². The zero-order chi connectivity index (χ0) is 11.3. The van der Waals surface area contributed by atoms with Crippen LogP contribution in [0.15, 0.2) is 30.5 Å². The number of rotatable bonds is 4. The smallest absolute Gasteiger partial charge is 0.312 e. The Hall–Kier alpha value is -2.17. The summed E-state index contributed by atoms with van der Waals surface area (Å²) in [6.45, 7) is 1.70. The van der Waals surface area contributed by atoms with Crippen molar-refractivity contribution in [3.05, 3.63) is 46.2 Å². The average Bonchev–Trinajstić information content (AvgIpc) is 2.25. The first-order chi connectivity index (χ1) is 7.20. The van der Waals surface area contributed by atoms with Crippen molar-refractivity contribution in [2.45, 2.75) is 6.92 Å². The fourth-order valence-corrected chi connectivity index (χ4v) is 1.04. The predicted molar refractivity (Wildman–Crippen MR) is 53.9 cm³/mol. The van der Waals surface area contributed by atoms with Gasteiger partial charge < -0.3 is 4.74 Å². The first kappa shape index (κ1) is 10.9. The molecule has 0 saturated carbocycles. The van der Waals surface area contributed by atoms with Crippen molar-refractivity contribution >= 4 is 12.0 Å². The van der Waals surface area contributed by atoms with E-state index >= 15 is 0 Å². The van der Waals surface area contributed by atoms with Crippen LogP contribution < -0.4 is 4.74 Å². The Balaban J connectivity index is 3.26. The molecule has 0 atom stereocenters. The average molecular weight is 207 g/mol. The molecule has 5 heteroatoms. The molecule has 0 unspecified atom stereocenters. The molecule has 0 saturated heterocycles. The Bertz CT molecular complexity index is 412. The zero-order valence-electron chi connectivity index (χ0n) is 8.04. The van der Waals surface area contributed by atoms with Gasteiger partial charge in [-0.2, -0.15) is 0 Å². The van der Waals surface area contributed by atoms with Crippen molar-refractivity contribution < 1.29 is 14.5 Å². The van der Waals surface area contributed by atoms with E-state index in [4.69, 9.17) is 4.74 Å². The topological polar surface area (TPSA) is 69.4 Å². The molecule has 78 valence electrons. The van der Waals surface area contributed by atoms with Crippen LogP contribution in [0.2, 0.25) is 0 Å². The SMILES string of the molecule is CC=COc1c(C=O)cccc1[N+](=O)[O-]. The number of para-hydroxylation sites is 1. The van der Waals surface area contributed by atoms with E-state index in [2.05, 4.69) is 0 Å². The van der Waals surface area contributed by atoms with Gasteiger partial charge >= 0.3 is 5.69 Å². The maximum Gasteiger partial charge on any atom is 0.312 e. The van der Waals surface area contributed by atoms with Gasteiger partial charge in [-0.25, -0.2) is 0 Å². The highest BCUT2D eigenvalue weighted by molar-refractivity contribution is 5.82. The summed E-state index contributed by atoms with van der Waals surface area (Å²) in [6, 6.07) is 4.18. The zero-order valence-corrected chi connectivity index (χ0v) is 8.04. The van der Waals surface area contributed by atoms with Gasteiger partial charge in [-0.1, -0.05) is 12.1 Å². The highest BCUT2D eigenvalue weighted by atomic mass is 16.6. The number of hydrogen-bond donors (Lipinski definition) is 0. The quantitative estimate of drug-likeness (QED) is 0.329. The maximum absolute atomic E-state index is 10.6. The van der Waals surface area contributed by atoms with Gasteiger partial charge in [0.25, 0.3) is 0 Å². The Labute approximate surface area is 86.1 Å². The molecule has 0 fully saturated rings. The molecule has 1 aromatic rings. The number of allylic oxidation sites excluding steroid dienone is 1. The number of ether oxygens (including phenoxy) is 1. The fourth-order valence-electron chi connectivity index (χ4n) is 1.04. The van der Waals surface area contributed by atoms with Crippen molar-refractivity contribution in [3.8, 4) is 5.75 Å². The molecule has 15 heavy (non-hydrogen) atoms. The van der Waals surface area contributed by atoms with Crippen molar-refractivity contribution in [1.82, 2.24) is 0 Å². The summed E-state index contributed by atoms with van der Waals surface area (Å²) in [7, 11) is 0. The third-order valence-electron chi connectivity index (χ3n) is 1.67. The van der Waals surface area contributed by atoms with Crippen LogP contribution in [0.3, 0.4) is 0 Å². The van der Waals surface area contributed by atoms with Crippen LogP contribution in [0.1, 0.15) is 17.3 Å². The lowest BCUT2D eigenvalue weighted by Crippen LogP contribution is -1.96. The van der Waals surface area contributed by atoms with Crippen molar-refractivity contribution in [1.29, 1.82) is 0 Å². The number of carbonyl (C=O) groups excluding carboxylic acids is 1. The number of aldehydes is 1. The predicted octanol–water partition coefficient (Wildman–Crippen LogP) is 2.32. The fraction of sp³-hybridized carbons (Fsp3) is 0.100. The van der Waals surface area contributed by atoms with Gasteiger partial charge in [-0.05, 0) is 13.0 Å². The third kappa shape index (κ3) is 2.40. The Morgan fingerprint density at radius 3 is 2.73 bits per heavy atom. The first-order valence-electron chi connectivity index (χ1n) is 4.21. The van der Waals surface area contributed by atoms with E-state index in [0.29, 0.717) is 6.29 Å². The van der Waals surface area contributed by atoms with Gasteiger partial charge in [0.2, 0.25) is 5.75 Å². The molecule has 0 aliphatic rings. The molecule has 1 aromatic carbocycles. The maximum atomic E-state index is 10.6. The molecular weight excluding hydrogens is 198 g/mol. The van der Waals surface area contributed by atoms with E-state index in [1.807, 2.05) is 0 Å². The number of carbonyl (C=O) groups is 1. The number of nitro groups is 1. The first-order valence-corrected chi connectivity index (χ1v) is 4.21. The second-order valence-electron chi connectivity index (χ2n) is 2.66. The van der Waals surface area contributed by atoms with Crippen LogP contribution in [0.5, 0.6) is 5.75 Å². The Morgan fingerprint density at radius 1 is 1.47 bits per heavy atom. The molecule has 0 spiro atoms. The van der Waals surface area contributed by atoms with Crippen LogP contribution >= 0.6 is 0 Å². The van der Waals surface area contributed by atoms with Crippen molar-refractivity contribution in [2.24, 2.45) is 0 Å². The molecular formula is C10H9NO4. The number of hydrogen-bond acceptors (Lipinski definition) is 4. The highest BCUT2D eigenvalue weighted by Gasteiger charge is 2.17. The normalized spacial score (nSPS) is 10.2. The molecule has 0 radical (unpaired) electrons. The summed E-state index contributed by atoms with van der Waals surface area (Å²) in [5.74, 6) is -0.0319. The minimum Gasteiger partial charge on any atom is -0.457 e. The standard InChI is InChI=1S/C10H9NO4/c1-2-6-15-10-8(7-12)4-3-5-9(10)11(13)14/h2-7H,1H3. The van der Waals surface area contributed by atoms with Crippen molar-refractivity contribution in [3.63, 3.8) is 0 Å². The van der Waals surface area contributed by atoms with Gasteiger partial charge in [-0.15, -0.1) is 0 Å². The molecule has 1 rings (SSSR count). The third-order valence-corrected chi connectivity index (χ3v) is 1.67. The summed E-state index contributed by atoms with van der Waals surface area (Å²) in [5, 5.41) is 10.6. The van der Waals surface area contributed by atoms with Crippen LogP contribution in [0, 0.1) is 10.1 Å². The van der Waals surface area contributed by atoms with Crippen molar-refractivity contribution in [2.75, 3.05) is 0 Å². The lowest BCUT2D eigenvalue weighted by Gasteiger charge is -2.03. The molecule has 0 amide bonds. The highest BCUT2D eigenvalue weighted by Crippen LogP contribution is 2.29. The number of nitro benzene ring substituents is 1. The van der Waals surface area contributed by atoms with Crippen LogP contribution in [0.25, 0.3) is 0 Å². The van der Waals surface area contributed by atoms with Gasteiger partial charge in [0.1, 0.15) is 0 Å². The second-order valence-corrected chi connectivity index (χ2v) is 2.66. The summed E-state index contributed by atoms with van der Waals surface area (Å²) >= 11 is 0. The monoisotopic (exact) mass is 207 g/mol. The molecule has 5 nitrogen and oxygen atoms in total. The van der Waals surface area contributed by atoms with E-state index in [1.54, 1.807) is 13.0 Å². The molecule has 0 aliphatic carbocycles. The second kappa shape index (κ2) is 4.90. The van der Waals surface area contributed by atoms with Gasteiger partial charge in [-0.3, -0.25) is 14.9 Å². The summed E-state index contributed by atoms with van der Waals surface area (Å²) in [4.78, 5) is 20.7. The van der Waals surface area contributed by atoms with E-state index in [9.17, 15) is 14.9 Å². The Kier molecular flexibility index (Phi) is 3.56. The van der Waals surface area contributed by atoms with E-state index in [0.717, 1.165) is 0 Å². The van der Waals surface area contributed by atoms with Crippen LogP contribution in [-0.4, -0.2) is 11.2 Å². The lowest BCUT2D eigenvalue weighted by molar-refractivity contribution is -0.385. The molecule has 0 bridgehead atoms. The lowest BCUT2D eigenvalue weighted by atomic mass is 10.2. The van der Waals surface area contributed by atoms with E-state index < -0.39 is 4.92 Å². The summed E-state index contributed by atoms with van der Waals surface area (Å²) in [6.07, 6.45) is 3.38. The minimum atomic E-state index is -0.591. The Morgan fingerprint density at radius 2 is 2.20 bits per heavy atom. The van der Waals surface area contributed by atoms with E-state index in [-0.39, 0.29) is 17.0 Å². The largest absolute Gasteiger partial charge is 0.457 e. The van der Waals surface area contributed by atoms with Gasteiger partial charge in [0.15, 0.2) is 6.29 Å². The number of nitrogens with zero attached hydrogens (tertiary/aromatic N) is 1. The van der Waals surface area contributed by atoms with E-state index in [1.165, 1.54) is 24.5 Å².